The molecule has 1 aliphatic heterocycles. The molecule has 5 nitrogen and oxygen atoms in total. The van der Waals surface area contributed by atoms with E-state index in [2.05, 4.69) is 18.6 Å². The Hall–Kier alpha value is -0.650. The molecule has 1 aliphatic rings. The highest BCUT2D eigenvalue weighted by Crippen LogP contribution is 2.43. The average molecular weight is 330 g/mol. The number of esters is 1. The molecule has 2 N–H and O–H groups in total. The normalized spacial score (nSPS) is 31.6. The van der Waals surface area contributed by atoms with Crippen LogP contribution in [0.15, 0.2) is 0 Å². The number of ether oxygens (including phenoxy) is 2. The second-order valence-corrected chi connectivity index (χ2v) is 7.10. The molecule has 0 amide bonds. The van der Waals surface area contributed by atoms with Crippen molar-refractivity contribution in [1.82, 2.24) is 0 Å². The lowest BCUT2D eigenvalue weighted by Crippen LogP contribution is -2.36. The molecule has 0 unspecified atom stereocenters. The summed E-state index contributed by atoms with van der Waals surface area (Å²) in [5, 5.41) is 20.5. The van der Waals surface area contributed by atoms with E-state index < -0.39 is 12.2 Å². The molecule has 1 fully saturated rings. The van der Waals surface area contributed by atoms with Gasteiger partial charge in [0.15, 0.2) is 0 Å². The lowest BCUT2D eigenvalue weighted by atomic mass is 9.81. The van der Waals surface area contributed by atoms with Gasteiger partial charge >= 0.3 is 5.97 Å². The monoisotopic (exact) mass is 330 g/mol. The Morgan fingerprint density at radius 1 is 1.30 bits per heavy atom. The Morgan fingerprint density at radius 3 is 2.43 bits per heavy atom. The van der Waals surface area contributed by atoms with Gasteiger partial charge in [0.1, 0.15) is 0 Å². The number of aliphatic hydroxyl groups is 2. The Labute approximate surface area is 140 Å². The smallest absolute Gasteiger partial charge is 0.308 e. The summed E-state index contributed by atoms with van der Waals surface area (Å²) in [6, 6.07) is 0. The molecule has 0 aromatic heterocycles. The van der Waals surface area contributed by atoms with E-state index in [9.17, 15) is 15.0 Å². The first-order valence-corrected chi connectivity index (χ1v) is 8.90. The topological polar surface area (TPSA) is 76.0 Å². The molecule has 0 radical (unpaired) electrons. The van der Waals surface area contributed by atoms with Gasteiger partial charge in [-0.3, -0.25) is 4.79 Å². The van der Waals surface area contributed by atoms with Gasteiger partial charge in [0.25, 0.3) is 0 Å². The van der Waals surface area contributed by atoms with Crippen LogP contribution >= 0.6 is 0 Å². The maximum Gasteiger partial charge on any atom is 0.308 e. The van der Waals surface area contributed by atoms with Crippen LogP contribution in [0.1, 0.15) is 66.2 Å². The fraction of sp³-hybridized carbons (Fsp3) is 0.944. The van der Waals surface area contributed by atoms with Gasteiger partial charge in [-0.15, -0.1) is 0 Å². The molecule has 136 valence electrons. The number of rotatable bonds is 9. The molecule has 23 heavy (non-hydrogen) atoms. The number of hydrogen-bond donors (Lipinski definition) is 2. The number of aliphatic hydroxyl groups excluding tert-OH is 2. The molecular formula is C18H34O5. The highest BCUT2D eigenvalue weighted by molar-refractivity contribution is 5.69. The number of carbonyl (C=O) groups excluding carboxylic acids is 1. The van der Waals surface area contributed by atoms with Crippen molar-refractivity contribution in [2.24, 2.45) is 11.8 Å². The zero-order chi connectivity index (χ0) is 17.6. The maximum atomic E-state index is 11.4. The van der Waals surface area contributed by atoms with Gasteiger partial charge in [-0.05, 0) is 38.0 Å². The number of carbonyl (C=O) groups is 1. The predicted molar refractivity (Wildman–Crippen MR) is 89.0 cm³/mol. The average Bonchev–Trinajstić information content (AvgIpc) is 2.88. The fourth-order valence-corrected chi connectivity index (χ4v) is 3.80. The summed E-state index contributed by atoms with van der Waals surface area (Å²) >= 11 is 0. The van der Waals surface area contributed by atoms with E-state index in [-0.39, 0.29) is 30.0 Å². The van der Waals surface area contributed by atoms with E-state index in [1.165, 1.54) is 7.11 Å². The Morgan fingerprint density at radius 2 is 1.96 bits per heavy atom. The van der Waals surface area contributed by atoms with Crippen LogP contribution in [0, 0.1) is 11.8 Å². The van der Waals surface area contributed by atoms with Crippen LogP contribution in [0.3, 0.4) is 0 Å². The van der Waals surface area contributed by atoms with Crippen molar-refractivity contribution in [1.29, 1.82) is 0 Å². The van der Waals surface area contributed by atoms with Crippen molar-refractivity contribution in [3.05, 3.63) is 0 Å². The number of hydrogen-bond acceptors (Lipinski definition) is 5. The summed E-state index contributed by atoms with van der Waals surface area (Å²) in [5.74, 6) is -0.0708. The van der Waals surface area contributed by atoms with Crippen LogP contribution < -0.4 is 0 Å². The van der Waals surface area contributed by atoms with Crippen molar-refractivity contribution >= 4 is 5.97 Å². The molecule has 0 saturated carbocycles. The van der Waals surface area contributed by atoms with Crippen LogP contribution in [0.2, 0.25) is 0 Å². The zero-order valence-corrected chi connectivity index (χ0v) is 15.2. The summed E-state index contributed by atoms with van der Waals surface area (Å²) in [7, 11) is 1.33. The van der Waals surface area contributed by atoms with Crippen molar-refractivity contribution in [3.8, 4) is 0 Å². The molecule has 0 spiro atoms. The van der Waals surface area contributed by atoms with E-state index in [0.29, 0.717) is 18.8 Å². The van der Waals surface area contributed by atoms with Crippen LogP contribution in [0.4, 0.5) is 0 Å². The first-order valence-electron chi connectivity index (χ1n) is 8.90. The molecule has 6 atom stereocenters. The Bertz CT molecular complexity index is 372. The lowest BCUT2D eigenvalue weighted by molar-refractivity contribution is -0.144. The van der Waals surface area contributed by atoms with E-state index >= 15 is 0 Å². The van der Waals surface area contributed by atoms with Gasteiger partial charge < -0.3 is 19.7 Å². The molecule has 0 aliphatic carbocycles. The van der Waals surface area contributed by atoms with E-state index in [0.717, 1.165) is 19.3 Å². The summed E-state index contributed by atoms with van der Waals surface area (Å²) < 4.78 is 10.9. The van der Waals surface area contributed by atoms with Crippen LogP contribution in [-0.4, -0.2) is 47.2 Å². The van der Waals surface area contributed by atoms with E-state index in [4.69, 9.17) is 4.74 Å². The molecule has 0 bridgehead atoms. The van der Waals surface area contributed by atoms with Crippen LogP contribution in [0.25, 0.3) is 0 Å². The second-order valence-electron chi connectivity index (χ2n) is 7.10. The predicted octanol–water partition coefficient (Wildman–Crippen LogP) is 2.67. The minimum absolute atomic E-state index is 0.0172. The molecule has 1 heterocycles. The third-order valence-corrected chi connectivity index (χ3v) is 5.27. The quantitative estimate of drug-likeness (QED) is 0.636. The van der Waals surface area contributed by atoms with E-state index in [1.54, 1.807) is 0 Å². The van der Waals surface area contributed by atoms with Gasteiger partial charge in [0.05, 0.1) is 37.4 Å². The summed E-state index contributed by atoms with van der Waals surface area (Å²) in [6.45, 7) is 8.16. The van der Waals surface area contributed by atoms with Crippen molar-refractivity contribution < 1.29 is 24.5 Å². The molecular weight excluding hydrogens is 296 g/mol. The first kappa shape index (κ1) is 20.4. The van der Waals surface area contributed by atoms with Crippen molar-refractivity contribution in [3.63, 3.8) is 0 Å². The highest BCUT2D eigenvalue weighted by atomic mass is 16.5. The number of methoxy groups -OCH3 is 1. The SMILES string of the molecule is CC[C@@H]1C[C@@](C)(C[C@@H](CC)[C@H](O)CC(=O)OC)O[C@H]1[C@H](O)CC. The third-order valence-electron chi connectivity index (χ3n) is 5.27. The summed E-state index contributed by atoms with van der Waals surface area (Å²) in [4.78, 5) is 11.4. The second kappa shape index (κ2) is 9.00. The highest BCUT2D eigenvalue weighted by Gasteiger charge is 2.46. The van der Waals surface area contributed by atoms with Crippen LogP contribution in [0.5, 0.6) is 0 Å². The molecule has 1 rings (SSSR count). The van der Waals surface area contributed by atoms with Crippen molar-refractivity contribution in [2.75, 3.05) is 7.11 Å². The van der Waals surface area contributed by atoms with Crippen LogP contribution in [-0.2, 0) is 14.3 Å². The van der Waals surface area contributed by atoms with Gasteiger partial charge in [-0.1, -0.05) is 33.6 Å². The summed E-state index contributed by atoms with van der Waals surface area (Å²) in [5.41, 5.74) is -0.362. The van der Waals surface area contributed by atoms with Gasteiger partial charge in [0.2, 0.25) is 0 Å². The first-order chi connectivity index (χ1) is 10.8. The largest absolute Gasteiger partial charge is 0.469 e. The van der Waals surface area contributed by atoms with Crippen molar-refractivity contribution in [2.45, 2.75) is 90.1 Å². The van der Waals surface area contributed by atoms with E-state index in [1.807, 2.05) is 13.8 Å². The van der Waals surface area contributed by atoms with Gasteiger partial charge in [-0.25, -0.2) is 0 Å². The maximum absolute atomic E-state index is 11.4. The zero-order valence-electron chi connectivity index (χ0n) is 15.2. The molecule has 0 aromatic rings. The Kier molecular flexibility index (Phi) is 7.98. The Balaban J connectivity index is 2.74. The fourth-order valence-electron chi connectivity index (χ4n) is 3.80. The minimum atomic E-state index is -0.719. The standard InChI is InChI=1S/C18H34O5/c1-6-12(15(20)9-16(21)22-5)10-18(4)11-13(7-2)17(23-18)14(19)8-3/h12-15,17,19-20H,6-11H2,1-5H3/t12-,13-,14-,15-,17-,18-/m1/s1. The van der Waals surface area contributed by atoms with Gasteiger partial charge in [-0.2, -0.15) is 0 Å². The third kappa shape index (κ3) is 5.44. The minimum Gasteiger partial charge on any atom is -0.469 e. The molecule has 5 heteroatoms. The lowest BCUT2D eigenvalue weighted by Gasteiger charge is -2.32. The molecule has 1 saturated heterocycles. The molecule has 0 aromatic carbocycles. The summed E-state index contributed by atoms with van der Waals surface area (Å²) in [6.07, 6.45) is 2.71. The van der Waals surface area contributed by atoms with Gasteiger partial charge in [0, 0.05) is 0 Å².